The predicted molar refractivity (Wildman–Crippen MR) is 74.1 cm³/mol. The molecule has 0 amide bonds. The average molecular weight is 287 g/mol. The molecule has 1 N–H and O–H groups in total. The van der Waals surface area contributed by atoms with E-state index in [1.807, 2.05) is 0 Å². The summed E-state index contributed by atoms with van der Waals surface area (Å²) in [6, 6.07) is 6.83. The molecule has 1 aromatic rings. The maximum absolute atomic E-state index is 11.9. The molecule has 19 heavy (non-hydrogen) atoms. The zero-order chi connectivity index (χ0) is 14.3. The fourth-order valence-corrected chi connectivity index (χ4v) is 1.54. The van der Waals surface area contributed by atoms with Crippen molar-refractivity contribution in [1.82, 2.24) is 0 Å². The van der Waals surface area contributed by atoms with E-state index in [1.54, 1.807) is 38.1 Å². The van der Waals surface area contributed by atoms with Crippen molar-refractivity contribution in [3.63, 3.8) is 0 Å². The number of aliphatic hydroxyl groups is 1. The zero-order valence-corrected chi connectivity index (χ0v) is 11.9. The molecule has 1 rings (SSSR count). The Hall–Kier alpha value is -1.10. The van der Waals surface area contributed by atoms with Crippen molar-refractivity contribution in [1.29, 1.82) is 0 Å². The van der Waals surface area contributed by atoms with Crippen LogP contribution in [0.5, 0.6) is 5.75 Å². The smallest absolute Gasteiger partial charge is 0.183 e. The molecule has 0 aromatic heterocycles. The molecule has 4 nitrogen and oxygen atoms in total. The van der Waals surface area contributed by atoms with Gasteiger partial charge in [0.1, 0.15) is 17.2 Å². The third-order valence-electron chi connectivity index (χ3n) is 2.39. The van der Waals surface area contributed by atoms with Gasteiger partial charge < -0.3 is 14.6 Å². The Morgan fingerprint density at radius 1 is 1.21 bits per heavy atom. The highest BCUT2D eigenvalue weighted by molar-refractivity contribution is 6.37. The van der Waals surface area contributed by atoms with Crippen molar-refractivity contribution in [3.8, 4) is 5.75 Å². The molecule has 0 saturated heterocycles. The molecule has 0 bridgehead atoms. The highest BCUT2D eigenvalue weighted by Crippen LogP contribution is 2.21. The zero-order valence-electron chi connectivity index (χ0n) is 11.2. The summed E-state index contributed by atoms with van der Waals surface area (Å²) in [5.74, 6) is 0.545. The van der Waals surface area contributed by atoms with E-state index in [-0.39, 0.29) is 12.4 Å². The first kappa shape index (κ1) is 16.0. The number of alkyl halides is 1. The fourth-order valence-electron chi connectivity index (χ4n) is 1.43. The summed E-state index contributed by atoms with van der Waals surface area (Å²) in [6.45, 7) is 4.45. The Morgan fingerprint density at radius 3 is 2.37 bits per heavy atom. The third kappa shape index (κ3) is 5.59. The average Bonchev–Trinajstić information content (AvgIpc) is 2.37. The molecule has 0 aliphatic rings. The summed E-state index contributed by atoms with van der Waals surface area (Å²) in [4.78, 5) is 11.0. The Morgan fingerprint density at radius 2 is 1.84 bits per heavy atom. The van der Waals surface area contributed by atoms with Gasteiger partial charge in [0.2, 0.25) is 0 Å². The largest absolute Gasteiger partial charge is 0.491 e. The van der Waals surface area contributed by atoms with Crippen molar-refractivity contribution in [3.05, 3.63) is 29.8 Å². The second-order valence-corrected chi connectivity index (χ2v) is 5.46. The first-order chi connectivity index (χ1) is 8.95. The number of hydrogen-bond donors (Lipinski definition) is 1. The van der Waals surface area contributed by atoms with Gasteiger partial charge in [-0.2, -0.15) is 0 Å². The Labute approximate surface area is 118 Å². The molecule has 0 aliphatic carbocycles. The van der Waals surface area contributed by atoms with Gasteiger partial charge in [-0.3, -0.25) is 4.79 Å². The van der Waals surface area contributed by atoms with Gasteiger partial charge in [-0.1, -0.05) is 0 Å². The minimum Gasteiger partial charge on any atom is -0.491 e. The number of Topliss-reactive ketones (excluding diaryl/α,β-unsaturated/α-hetero) is 1. The van der Waals surface area contributed by atoms with Crippen LogP contribution >= 0.6 is 11.6 Å². The summed E-state index contributed by atoms with van der Waals surface area (Å²) < 4.78 is 10.5. The van der Waals surface area contributed by atoms with E-state index in [9.17, 15) is 4.79 Å². The van der Waals surface area contributed by atoms with E-state index >= 15 is 0 Å². The molecule has 106 valence electrons. The number of ether oxygens (including phenoxy) is 2. The molecule has 0 aliphatic heterocycles. The SMILES string of the molecule is CC(C)(Cl)C(=O)c1ccc(OCCOCCO)cc1. The van der Waals surface area contributed by atoms with E-state index in [0.29, 0.717) is 31.1 Å². The molecule has 1 aromatic carbocycles. The second kappa shape index (κ2) is 7.48. The first-order valence-electron chi connectivity index (χ1n) is 6.10. The molecule has 0 saturated carbocycles. The maximum atomic E-state index is 11.9. The topological polar surface area (TPSA) is 55.8 Å². The molecule has 0 atom stereocenters. The van der Waals surface area contributed by atoms with Gasteiger partial charge in [0.05, 0.1) is 19.8 Å². The minimum absolute atomic E-state index is 0.00498. The number of hydrogen-bond acceptors (Lipinski definition) is 4. The van der Waals surface area contributed by atoms with E-state index < -0.39 is 4.87 Å². The molecule has 5 heteroatoms. The van der Waals surface area contributed by atoms with Crippen LogP contribution in [0.1, 0.15) is 24.2 Å². The molecular weight excluding hydrogens is 268 g/mol. The van der Waals surface area contributed by atoms with Crippen molar-refractivity contribution in [2.75, 3.05) is 26.4 Å². The fraction of sp³-hybridized carbons (Fsp3) is 0.500. The van der Waals surface area contributed by atoms with Crippen LogP contribution in [-0.2, 0) is 4.74 Å². The molecule has 0 spiro atoms. The summed E-state index contributed by atoms with van der Waals surface area (Å²) in [5, 5.41) is 8.52. The lowest BCUT2D eigenvalue weighted by molar-refractivity contribution is 0.0705. The van der Waals surface area contributed by atoms with Gasteiger partial charge in [0.15, 0.2) is 5.78 Å². The minimum atomic E-state index is -0.902. The van der Waals surface area contributed by atoms with Gasteiger partial charge in [0.25, 0.3) is 0 Å². The number of aliphatic hydroxyl groups excluding tert-OH is 1. The van der Waals surface area contributed by atoms with Crippen molar-refractivity contribution >= 4 is 17.4 Å². The van der Waals surface area contributed by atoms with Crippen molar-refractivity contribution in [2.24, 2.45) is 0 Å². The van der Waals surface area contributed by atoms with E-state index in [2.05, 4.69) is 0 Å². The summed E-state index contributed by atoms with van der Waals surface area (Å²) in [6.07, 6.45) is 0. The molecule has 0 unspecified atom stereocenters. The van der Waals surface area contributed by atoms with Crippen molar-refractivity contribution in [2.45, 2.75) is 18.7 Å². The van der Waals surface area contributed by atoms with Gasteiger partial charge in [-0.05, 0) is 38.1 Å². The van der Waals surface area contributed by atoms with E-state index in [1.165, 1.54) is 0 Å². The highest BCUT2D eigenvalue weighted by Gasteiger charge is 2.25. The second-order valence-electron chi connectivity index (χ2n) is 4.51. The first-order valence-corrected chi connectivity index (χ1v) is 6.48. The lowest BCUT2D eigenvalue weighted by atomic mass is 10.0. The van der Waals surface area contributed by atoms with Gasteiger partial charge in [-0.15, -0.1) is 11.6 Å². The van der Waals surface area contributed by atoms with Crippen LogP contribution in [0.2, 0.25) is 0 Å². The number of carbonyl (C=O) groups is 1. The van der Waals surface area contributed by atoms with Crippen LogP contribution < -0.4 is 4.74 Å². The highest BCUT2D eigenvalue weighted by atomic mass is 35.5. The van der Waals surface area contributed by atoms with Crippen LogP contribution in [0.3, 0.4) is 0 Å². The van der Waals surface area contributed by atoms with Crippen LogP contribution in [0.4, 0.5) is 0 Å². The molecule has 0 fully saturated rings. The third-order valence-corrected chi connectivity index (χ3v) is 2.56. The Kier molecular flexibility index (Phi) is 6.28. The van der Waals surface area contributed by atoms with E-state index in [4.69, 9.17) is 26.2 Å². The summed E-state index contributed by atoms with van der Waals surface area (Å²) >= 11 is 5.97. The number of benzene rings is 1. The predicted octanol–water partition coefficient (Wildman–Crippen LogP) is 2.27. The monoisotopic (exact) mass is 286 g/mol. The maximum Gasteiger partial charge on any atom is 0.183 e. The number of ketones is 1. The molecule has 0 heterocycles. The Bertz CT molecular complexity index is 395. The van der Waals surface area contributed by atoms with Gasteiger partial charge in [-0.25, -0.2) is 0 Å². The Balaban J connectivity index is 2.46. The lowest BCUT2D eigenvalue weighted by Crippen LogP contribution is -2.24. The number of halogens is 1. The van der Waals surface area contributed by atoms with Crippen LogP contribution in [0.25, 0.3) is 0 Å². The molecular formula is C14H19ClO4. The van der Waals surface area contributed by atoms with E-state index in [0.717, 1.165) is 0 Å². The number of rotatable bonds is 8. The van der Waals surface area contributed by atoms with Crippen LogP contribution in [0, 0.1) is 0 Å². The van der Waals surface area contributed by atoms with Crippen LogP contribution in [0.15, 0.2) is 24.3 Å². The van der Waals surface area contributed by atoms with Gasteiger partial charge in [0, 0.05) is 5.56 Å². The van der Waals surface area contributed by atoms with Gasteiger partial charge >= 0.3 is 0 Å². The van der Waals surface area contributed by atoms with Crippen LogP contribution in [-0.4, -0.2) is 42.2 Å². The standard InChI is InChI=1S/C14H19ClO4/c1-14(2,15)13(17)11-3-5-12(6-4-11)19-10-9-18-8-7-16/h3-6,16H,7-10H2,1-2H3. The summed E-state index contributed by atoms with van der Waals surface area (Å²) in [7, 11) is 0. The lowest BCUT2D eigenvalue weighted by Gasteiger charge is -2.14. The van der Waals surface area contributed by atoms with Crippen molar-refractivity contribution < 1.29 is 19.4 Å². The normalized spacial score (nSPS) is 11.4. The summed E-state index contributed by atoms with van der Waals surface area (Å²) in [5.41, 5.74) is 0.559. The molecule has 0 radical (unpaired) electrons. The quantitative estimate of drug-likeness (QED) is 0.452. The number of carbonyl (C=O) groups excluding carboxylic acids is 1.